The Morgan fingerprint density at radius 1 is 1.71 bits per heavy atom. The lowest BCUT2D eigenvalue weighted by molar-refractivity contribution is -0.159. The standard InChI is InChI=1S/C10H19NO3/c1-7-4-8(7)5-11-6-10(2,13)9(12)14-3/h7-8,11,13H,4-6H2,1-3H3. The van der Waals surface area contributed by atoms with Crippen LogP contribution in [0.15, 0.2) is 0 Å². The maximum Gasteiger partial charge on any atom is 0.338 e. The maximum absolute atomic E-state index is 11.1. The molecule has 1 aliphatic rings. The van der Waals surface area contributed by atoms with Crippen molar-refractivity contribution in [3.63, 3.8) is 0 Å². The first-order valence-corrected chi connectivity index (χ1v) is 4.99. The molecule has 4 nitrogen and oxygen atoms in total. The van der Waals surface area contributed by atoms with Crippen molar-refractivity contribution in [3.05, 3.63) is 0 Å². The van der Waals surface area contributed by atoms with Gasteiger partial charge in [-0.25, -0.2) is 4.79 Å². The fraction of sp³-hybridized carbons (Fsp3) is 0.900. The Bertz CT molecular complexity index is 215. The molecule has 0 saturated heterocycles. The van der Waals surface area contributed by atoms with Crippen molar-refractivity contribution in [2.45, 2.75) is 25.9 Å². The molecule has 0 heterocycles. The van der Waals surface area contributed by atoms with E-state index in [1.807, 2.05) is 0 Å². The van der Waals surface area contributed by atoms with Gasteiger partial charge in [-0.15, -0.1) is 0 Å². The Morgan fingerprint density at radius 2 is 2.29 bits per heavy atom. The number of rotatable bonds is 5. The summed E-state index contributed by atoms with van der Waals surface area (Å²) in [5.41, 5.74) is -1.41. The Labute approximate surface area is 84.6 Å². The first-order chi connectivity index (χ1) is 6.47. The summed E-state index contributed by atoms with van der Waals surface area (Å²) >= 11 is 0. The fourth-order valence-corrected chi connectivity index (χ4v) is 1.48. The summed E-state index contributed by atoms with van der Waals surface area (Å²) < 4.78 is 4.48. The van der Waals surface area contributed by atoms with E-state index >= 15 is 0 Å². The molecule has 0 aromatic heterocycles. The van der Waals surface area contributed by atoms with Gasteiger partial charge in [0.25, 0.3) is 0 Å². The third-order valence-electron chi connectivity index (χ3n) is 2.78. The van der Waals surface area contributed by atoms with Gasteiger partial charge in [-0.05, 0) is 31.7 Å². The van der Waals surface area contributed by atoms with Gasteiger partial charge in [-0.1, -0.05) is 6.92 Å². The van der Waals surface area contributed by atoms with Gasteiger partial charge in [0, 0.05) is 6.54 Å². The van der Waals surface area contributed by atoms with Gasteiger partial charge < -0.3 is 15.2 Å². The number of carbonyl (C=O) groups excluding carboxylic acids is 1. The molecule has 0 bridgehead atoms. The van der Waals surface area contributed by atoms with Crippen LogP contribution in [0.5, 0.6) is 0 Å². The predicted molar refractivity (Wildman–Crippen MR) is 52.8 cm³/mol. The normalized spacial score (nSPS) is 29.4. The van der Waals surface area contributed by atoms with Crippen LogP contribution in [0.4, 0.5) is 0 Å². The highest BCUT2D eigenvalue weighted by molar-refractivity contribution is 5.78. The van der Waals surface area contributed by atoms with Gasteiger partial charge in [-0.2, -0.15) is 0 Å². The van der Waals surface area contributed by atoms with Crippen molar-refractivity contribution >= 4 is 5.97 Å². The second kappa shape index (κ2) is 4.28. The molecule has 3 unspecified atom stereocenters. The Balaban J connectivity index is 2.18. The zero-order chi connectivity index (χ0) is 10.8. The van der Waals surface area contributed by atoms with Gasteiger partial charge in [0.15, 0.2) is 5.60 Å². The smallest absolute Gasteiger partial charge is 0.338 e. The summed E-state index contributed by atoms with van der Waals surface area (Å²) in [6.07, 6.45) is 1.24. The summed E-state index contributed by atoms with van der Waals surface area (Å²) in [7, 11) is 1.28. The zero-order valence-electron chi connectivity index (χ0n) is 9.04. The number of nitrogens with one attached hydrogen (secondary N) is 1. The molecule has 2 N–H and O–H groups in total. The first-order valence-electron chi connectivity index (χ1n) is 4.99. The lowest BCUT2D eigenvalue weighted by Crippen LogP contribution is -2.46. The molecule has 1 rings (SSSR count). The van der Waals surface area contributed by atoms with Crippen molar-refractivity contribution in [2.75, 3.05) is 20.2 Å². The predicted octanol–water partition coefficient (Wildman–Crippen LogP) is 0.156. The van der Waals surface area contributed by atoms with Crippen LogP contribution in [0.1, 0.15) is 20.3 Å². The topological polar surface area (TPSA) is 58.6 Å². The van der Waals surface area contributed by atoms with Crippen LogP contribution in [0.2, 0.25) is 0 Å². The highest BCUT2D eigenvalue weighted by Crippen LogP contribution is 2.36. The number of methoxy groups -OCH3 is 1. The molecule has 1 saturated carbocycles. The zero-order valence-corrected chi connectivity index (χ0v) is 9.04. The van der Waals surface area contributed by atoms with Gasteiger partial charge in [-0.3, -0.25) is 0 Å². The molecule has 4 heteroatoms. The van der Waals surface area contributed by atoms with Gasteiger partial charge in [0.1, 0.15) is 0 Å². The largest absolute Gasteiger partial charge is 0.467 e. The number of hydrogen-bond donors (Lipinski definition) is 2. The first kappa shape index (κ1) is 11.5. The van der Waals surface area contributed by atoms with Crippen LogP contribution < -0.4 is 5.32 Å². The SMILES string of the molecule is COC(=O)C(C)(O)CNCC1CC1C. The van der Waals surface area contributed by atoms with Crippen LogP contribution in [-0.2, 0) is 9.53 Å². The van der Waals surface area contributed by atoms with E-state index in [9.17, 15) is 9.90 Å². The van der Waals surface area contributed by atoms with E-state index in [1.165, 1.54) is 20.5 Å². The van der Waals surface area contributed by atoms with Crippen LogP contribution >= 0.6 is 0 Å². The number of hydrogen-bond acceptors (Lipinski definition) is 4. The molecule has 0 aromatic rings. The van der Waals surface area contributed by atoms with Crippen molar-refractivity contribution in [1.82, 2.24) is 5.32 Å². The van der Waals surface area contributed by atoms with E-state index in [4.69, 9.17) is 0 Å². The lowest BCUT2D eigenvalue weighted by Gasteiger charge is -2.20. The molecule has 1 aliphatic carbocycles. The monoisotopic (exact) mass is 201 g/mol. The third-order valence-corrected chi connectivity index (χ3v) is 2.78. The van der Waals surface area contributed by atoms with Crippen LogP contribution in [-0.4, -0.2) is 36.9 Å². The van der Waals surface area contributed by atoms with E-state index in [2.05, 4.69) is 17.0 Å². The van der Waals surface area contributed by atoms with E-state index in [0.717, 1.165) is 12.5 Å². The minimum Gasteiger partial charge on any atom is -0.467 e. The van der Waals surface area contributed by atoms with Crippen LogP contribution in [0.3, 0.4) is 0 Å². The average molecular weight is 201 g/mol. The van der Waals surface area contributed by atoms with E-state index < -0.39 is 11.6 Å². The molecule has 14 heavy (non-hydrogen) atoms. The summed E-state index contributed by atoms with van der Waals surface area (Å²) in [6, 6.07) is 0. The van der Waals surface area contributed by atoms with E-state index in [1.54, 1.807) is 0 Å². The quantitative estimate of drug-likeness (QED) is 0.622. The summed E-state index contributed by atoms with van der Waals surface area (Å²) in [5.74, 6) is 0.905. The fourth-order valence-electron chi connectivity index (χ4n) is 1.48. The highest BCUT2D eigenvalue weighted by atomic mass is 16.5. The number of carbonyl (C=O) groups is 1. The summed E-state index contributed by atoms with van der Waals surface area (Å²) in [6.45, 7) is 4.78. The molecule has 3 atom stereocenters. The number of aliphatic hydroxyl groups is 1. The minimum atomic E-state index is -1.41. The van der Waals surface area contributed by atoms with Crippen LogP contribution in [0, 0.1) is 11.8 Å². The molecular formula is C10H19NO3. The second-order valence-electron chi connectivity index (χ2n) is 4.37. The van der Waals surface area contributed by atoms with Crippen molar-refractivity contribution in [1.29, 1.82) is 0 Å². The Morgan fingerprint density at radius 3 is 2.71 bits per heavy atom. The molecule has 1 fully saturated rings. The molecule has 82 valence electrons. The molecule has 0 radical (unpaired) electrons. The van der Waals surface area contributed by atoms with Crippen molar-refractivity contribution in [3.8, 4) is 0 Å². The molecule has 0 spiro atoms. The van der Waals surface area contributed by atoms with E-state index in [0.29, 0.717) is 5.92 Å². The maximum atomic E-state index is 11.1. The average Bonchev–Trinajstić information content (AvgIpc) is 2.80. The summed E-state index contributed by atoms with van der Waals surface area (Å²) in [5, 5.41) is 12.7. The van der Waals surface area contributed by atoms with Gasteiger partial charge in [0.05, 0.1) is 7.11 Å². The van der Waals surface area contributed by atoms with Gasteiger partial charge in [0.2, 0.25) is 0 Å². The molecule has 0 aromatic carbocycles. The third kappa shape index (κ3) is 2.96. The van der Waals surface area contributed by atoms with Crippen LogP contribution in [0.25, 0.3) is 0 Å². The second-order valence-corrected chi connectivity index (χ2v) is 4.37. The lowest BCUT2D eigenvalue weighted by atomic mass is 10.1. The number of ether oxygens (including phenoxy) is 1. The Kier molecular flexibility index (Phi) is 3.50. The van der Waals surface area contributed by atoms with Crippen molar-refractivity contribution in [2.24, 2.45) is 11.8 Å². The Hall–Kier alpha value is -0.610. The summed E-state index contributed by atoms with van der Waals surface area (Å²) in [4.78, 5) is 11.1. The highest BCUT2D eigenvalue weighted by Gasteiger charge is 2.34. The molecular weight excluding hydrogens is 182 g/mol. The number of esters is 1. The molecule has 0 amide bonds. The van der Waals surface area contributed by atoms with Crippen molar-refractivity contribution < 1.29 is 14.6 Å². The van der Waals surface area contributed by atoms with E-state index in [-0.39, 0.29) is 6.54 Å². The minimum absolute atomic E-state index is 0.253. The van der Waals surface area contributed by atoms with Gasteiger partial charge >= 0.3 is 5.97 Å². The molecule has 0 aliphatic heterocycles.